The van der Waals surface area contributed by atoms with Crippen LogP contribution < -0.4 is 5.32 Å². The molecular formula is C15H31NO. The maximum Gasteiger partial charge on any atom is 0.0694 e. The zero-order chi connectivity index (χ0) is 12.6. The Bertz CT molecular complexity index is 187. The SMILES string of the molecule is CCCCCOC1(CCNCC(C)C)CCC1. The summed E-state index contributed by atoms with van der Waals surface area (Å²) in [7, 11) is 0. The summed E-state index contributed by atoms with van der Waals surface area (Å²) in [6.07, 6.45) is 8.94. The van der Waals surface area contributed by atoms with Crippen LogP contribution in [0.25, 0.3) is 0 Å². The molecule has 0 aromatic carbocycles. The Balaban J connectivity index is 2.08. The zero-order valence-electron chi connectivity index (χ0n) is 12.1. The number of hydrogen-bond acceptors (Lipinski definition) is 2. The van der Waals surface area contributed by atoms with Crippen molar-refractivity contribution in [1.29, 1.82) is 0 Å². The molecule has 0 spiro atoms. The number of ether oxygens (including phenoxy) is 1. The summed E-state index contributed by atoms with van der Waals surface area (Å²) in [4.78, 5) is 0. The van der Waals surface area contributed by atoms with Gasteiger partial charge in [0.05, 0.1) is 5.60 Å². The maximum absolute atomic E-state index is 6.13. The Morgan fingerprint density at radius 3 is 2.53 bits per heavy atom. The summed E-state index contributed by atoms with van der Waals surface area (Å²) in [5.74, 6) is 0.748. The number of rotatable bonds is 10. The third-order valence-corrected chi connectivity index (χ3v) is 3.73. The highest BCUT2D eigenvalue weighted by atomic mass is 16.5. The van der Waals surface area contributed by atoms with Gasteiger partial charge in [0.25, 0.3) is 0 Å². The van der Waals surface area contributed by atoms with Crippen LogP contribution in [-0.4, -0.2) is 25.3 Å². The molecule has 1 saturated carbocycles. The molecule has 0 saturated heterocycles. The first-order valence-corrected chi connectivity index (χ1v) is 7.53. The molecule has 0 heterocycles. The van der Waals surface area contributed by atoms with Crippen LogP contribution >= 0.6 is 0 Å². The molecule has 1 fully saturated rings. The van der Waals surface area contributed by atoms with Gasteiger partial charge in [0.1, 0.15) is 0 Å². The summed E-state index contributed by atoms with van der Waals surface area (Å²) in [5, 5.41) is 3.53. The molecule has 0 aromatic heterocycles. The highest BCUT2D eigenvalue weighted by molar-refractivity contribution is 4.90. The van der Waals surface area contributed by atoms with Crippen molar-refractivity contribution in [1.82, 2.24) is 5.32 Å². The van der Waals surface area contributed by atoms with Crippen molar-refractivity contribution in [3.63, 3.8) is 0 Å². The van der Waals surface area contributed by atoms with Gasteiger partial charge in [-0.3, -0.25) is 0 Å². The van der Waals surface area contributed by atoms with Crippen molar-refractivity contribution in [3.8, 4) is 0 Å². The minimum Gasteiger partial charge on any atom is -0.375 e. The van der Waals surface area contributed by atoms with Gasteiger partial charge in [-0.15, -0.1) is 0 Å². The van der Waals surface area contributed by atoms with E-state index in [9.17, 15) is 0 Å². The van der Waals surface area contributed by atoms with Crippen molar-refractivity contribution in [2.24, 2.45) is 5.92 Å². The van der Waals surface area contributed by atoms with Crippen molar-refractivity contribution >= 4 is 0 Å². The van der Waals surface area contributed by atoms with E-state index in [1.165, 1.54) is 44.9 Å². The lowest BCUT2D eigenvalue weighted by Gasteiger charge is -2.42. The van der Waals surface area contributed by atoms with Crippen molar-refractivity contribution in [2.75, 3.05) is 19.7 Å². The van der Waals surface area contributed by atoms with Gasteiger partial charge in [-0.05, 0) is 51.1 Å². The lowest BCUT2D eigenvalue weighted by atomic mass is 9.77. The predicted molar refractivity (Wildman–Crippen MR) is 74.4 cm³/mol. The molecule has 2 nitrogen and oxygen atoms in total. The molecular weight excluding hydrogens is 210 g/mol. The largest absolute Gasteiger partial charge is 0.375 e. The zero-order valence-corrected chi connectivity index (χ0v) is 12.1. The summed E-state index contributed by atoms with van der Waals surface area (Å²) in [5.41, 5.74) is 0.248. The average molecular weight is 241 g/mol. The van der Waals surface area contributed by atoms with E-state index in [-0.39, 0.29) is 5.60 Å². The fourth-order valence-electron chi connectivity index (χ4n) is 2.39. The average Bonchev–Trinajstić information content (AvgIpc) is 2.24. The summed E-state index contributed by atoms with van der Waals surface area (Å²) in [6, 6.07) is 0. The first-order chi connectivity index (χ1) is 8.18. The van der Waals surface area contributed by atoms with Gasteiger partial charge in [0.15, 0.2) is 0 Å². The van der Waals surface area contributed by atoms with Gasteiger partial charge in [0, 0.05) is 6.61 Å². The molecule has 102 valence electrons. The van der Waals surface area contributed by atoms with Gasteiger partial charge >= 0.3 is 0 Å². The van der Waals surface area contributed by atoms with E-state index in [1.807, 2.05) is 0 Å². The van der Waals surface area contributed by atoms with Crippen LogP contribution in [0.4, 0.5) is 0 Å². The highest BCUT2D eigenvalue weighted by Gasteiger charge is 2.37. The molecule has 0 aromatic rings. The summed E-state index contributed by atoms with van der Waals surface area (Å²) in [6.45, 7) is 9.98. The summed E-state index contributed by atoms with van der Waals surface area (Å²) >= 11 is 0. The van der Waals surface area contributed by atoms with Gasteiger partial charge in [0.2, 0.25) is 0 Å². The molecule has 0 unspecified atom stereocenters. The van der Waals surface area contributed by atoms with Gasteiger partial charge in [-0.2, -0.15) is 0 Å². The van der Waals surface area contributed by atoms with Gasteiger partial charge < -0.3 is 10.1 Å². The second-order valence-corrected chi connectivity index (χ2v) is 5.94. The van der Waals surface area contributed by atoms with Crippen LogP contribution in [0.5, 0.6) is 0 Å². The van der Waals surface area contributed by atoms with E-state index in [4.69, 9.17) is 4.74 Å². The Kier molecular flexibility index (Phi) is 7.14. The minimum atomic E-state index is 0.248. The molecule has 2 heteroatoms. The molecule has 1 aliphatic carbocycles. The second-order valence-electron chi connectivity index (χ2n) is 5.94. The Morgan fingerprint density at radius 2 is 2.00 bits per heavy atom. The van der Waals surface area contributed by atoms with Crippen LogP contribution in [0.2, 0.25) is 0 Å². The number of nitrogens with one attached hydrogen (secondary N) is 1. The van der Waals surface area contributed by atoms with Crippen LogP contribution in [0, 0.1) is 5.92 Å². The van der Waals surface area contributed by atoms with E-state index in [0.717, 1.165) is 25.6 Å². The van der Waals surface area contributed by atoms with Crippen molar-refractivity contribution in [3.05, 3.63) is 0 Å². The monoisotopic (exact) mass is 241 g/mol. The van der Waals surface area contributed by atoms with E-state index in [1.54, 1.807) is 0 Å². The standard InChI is InChI=1S/C15H31NO/c1-4-5-6-12-17-15(8-7-9-15)10-11-16-13-14(2)3/h14,16H,4-13H2,1-3H3. The van der Waals surface area contributed by atoms with E-state index >= 15 is 0 Å². The molecule has 1 N–H and O–H groups in total. The maximum atomic E-state index is 6.13. The Labute approximate surface area is 108 Å². The van der Waals surface area contributed by atoms with Crippen LogP contribution in [0.3, 0.4) is 0 Å². The predicted octanol–water partition coefficient (Wildman–Crippen LogP) is 3.75. The molecule has 0 bridgehead atoms. The fraction of sp³-hybridized carbons (Fsp3) is 1.00. The van der Waals surface area contributed by atoms with Crippen LogP contribution in [0.15, 0.2) is 0 Å². The minimum absolute atomic E-state index is 0.248. The van der Waals surface area contributed by atoms with Crippen LogP contribution in [-0.2, 0) is 4.74 Å². The Morgan fingerprint density at radius 1 is 1.24 bits per heavy atom. The molecule has 0 radical (unpaired) electrons. The van der Waals surface area contributed by atoms with Crippen LogP contribution in [0.1, 0.15) is 65.7 Å². The molecule has 0 aliphatic heterocycles. The topological polar surface area (TPSA) is 21.3 Å². The lowest BCUT2D eigenvalue weighted by Crippen LogP contribution is -2.43. The van der Waals surface area contributed by atoms with E-state index < -0.39 is 0 Å². The lowest BCUT2D eigenvalue weighted by molar-refractivity contribution is -0.105. The molecule has 1 rings (SSSR count). The number of unbranched alkanes of at least 4 members (excludes halogenated alkanes) is 2. The molecule has 17 heavy (non-hydrogen) atoms. The van der Waals surface area contributed by atoms with Crippen molar-refractivity contribution < 1.29 is 4.74 Å². The summed E-state index contributed by atoms with van der Waals surface area (Å²) < 4.78 is 6.13. The quantitative estimate of drug-likeness (QED) is 0.588. The Hall–Kier alpha value is -0.0800. The molecule has 0 atom stereocenters. The third kappa shape index (κ3) is 5.87. The second kappa shape index (κ2) is 8.10. The molecule has 0 amide bonds. The van der Waals surface area contributed by atoms with Gasteiger partial charge in [-0.25, -0.2) is 0 Å². The smallest absolute Gasteiger partial charge is 0.0694 e. The fourth-order valence-corrected chi connectivity index (χ4v) is 2.39. The van der Waals surface area contributed by atoms with E-state index in [0.29, 0.717) is 0 Å². The molecule has 1 aliphatic rings. The third-order valence-electron chi connectivity index (χ3n) is 3.73. The van der Waals surface area contributed by atoms with E-state index in [2.05, 4.69) is 26.1 Å². The number of hydrogen-bond donors (Lipinski definition) is 1. The first kappa shape index (κ1) is 15.0. The first-order valence-electron chi connectivity index (χ1n) is 7.53. The van der Waals surface area contributed by atoms with Gasteiger partial charge in [-0.1, -0.05) is 33.6 Å². The van der Waals surface area contributed by atoms with Crippen molar-refractivity contribution in [2.45, 2.75) is 71.3 Å². The normalized spacial score (nSPS) is 18.4. The highest BCUT2D eigenvalue weighted by Crippen LogP contribution is 2.38.